The lowest BCUT2D eigenvalue weighted by Crippen LogP contribution is -2.56. The highest BCUT2D eigenvalue weighted by Gasteiger charge is 2.35. The number of hydrogen-bond acceptors (Lipinski definition) is 7. The van der Waals surface area contributed by atoms with Gasteiger partial charge in [-0.2, -0.15) is 0 Å². The van der Waals surface area contributed by atoms with Gasteiger partial charge in [0.1, 0.15) is 18.7 Å². The average molecular weight is 621 g/mol. The first kappa shape index (κ1) is 33.3. The maximum atomic E-state index is 14.2. The minimum atomic E-state index is -0.862. The first-order valence-corrected chi connectivity index (χ1v) is 16.1. The molecule has 1 aliphatic rings. The summed E-state index contributed by atoms with van der Waals surface area (Å²) in [6, 6.07) is 20.4. The zero-order valence-corrected chi connectivity index (χ0v) is 26.6. The molecule has 44 heavy (non-hydrogen) atoms. The highest BCUT2D eigenvalue weighted by molar-refractivity contribution is 7.09. The predicted octanol–water partition coefficient (Wildman–Crippen LogP) is 3.12. The van der Waals surface area contributed by atoms with Crippen LogP contribution in [0.3, 0.4) is 0 Å². The Morgan fingerprint density at radius 3 is 2.34 bits per heavy atom. The minimum Gasteiger partial charge on any atom is -0.392 e. The molecule has 1 aromatic heterocycles. The van der Waals surface area contributed by atoms with Crippen LogP contribution in [-0.2, 0) is 32.0 Å². The lowest BCUT2D eigenvalue weighted by Gasteiger charge is -2.34. The van der Waals surface area contributed by atoms with Gasteiger partial charge in [-0.3, -0.25) is 14.4 Å². The van der Waals surface area contributed by atoms with Gasteiger partial charge in [0, 0.05) is 44.4 Å². The molecule has 9 nitrogen and oxygen atoms in total. The maximum absolute atomic E-state index is 14.2. The molecule has 4 rings (SSSR count). The van der Waals surface area contributed by atoms with E-state index in [1.54, 1.807) is 21.0 Å². The summed E-state index contributed by atoms with van der Waals surface area (Å²) < 4.78 is 5.75. The fourth-order valence-corrected chi connectivity index (χ4v) is 6.06. The zero-order valence-electron chi connectivity index (χ0n) is 25.8. The second-order valence-corrected chi connectivity index (χ2v) is 12.5. The Morgan fingerprint density at radius 2 is 1.70 bits per heavy atom. The van der Waals surface area contributed by atoms with Crippen molar-refractivity contribution in [1.82, 2.24) is 20.4 Å². The van der Waals surface area contributed by atoms with Crippen LogP contribution in [0.15, 0.2) is 72.1 Å². The molecule has 0 unspecified atom stereocenters. The van der Waals surface area contributed by atoms with Gasteiger partial charge >= 0.3 is 0 Å². The molecule has 0 saturated carbocycles. The number of carbonyl (C=O) groups excluding carboxylic acids is 3. The Kier molecular flexibility index (Phi) is 12.5. The molecule has 2 aromatic carbocycles. The van der Waals surface area contributed by atoms with Crippen molar-refractivity contribution in [3.8, 4) is 11.1 Å². The van der Waals surface area contributed by atoms with Gasteiger partial charge in [-0.05, 0) is 54.4 Å². The van der Waals surface area contributed by atoms with Crippen molar-refractivity contribution >= 4 is 29.1 Å². The normalized spacial score (nSPS) is 16.6. The van der Waals surface area contributed by atoms with Gasteiger partial charge < -0.3 is 30.3 Å². The molecule has 0 aliphatic carbocycles. The number of nitrogens with zero attached hydrogens (tertiary/aromatic N) is 2. The van der Waals surface area contributed by atoms with Crippen LogP contribution >= 0.6 is 11.3 Å². The van der Waals surface area contributed by atoms with Crippen molar-refractivity contribution in [1.29, 1.82) is 0 Å². The van der Waals surface area contributed by atoms with Crippen molar-refractivity contribution in [2.24, 2.45) is 0 Å². The summed E-state index contributed by atoms with van der Waals surface area (Å²) >= 11 is 1.51. The number of benzene rings is 2. The van der Waals surface area contributed by atoms with E-state index in [0.29, 0.717) is 13.0 Å². The second kappa shape index (κ2) is 16.5. The number of carbonyl (C=O) groups is 3. The van der Waals surface area contributed by atoms with E-state index in [9.17, 15) is 19.5 Å². The first-order valence-electron chi connectivity index (χ1n) is 15.2. The third-order valence-corrected chi connectivity index (χ3v) is 8.91. The SMILES string of the molecule is C[C@@H](O)CNC(=O)[C@@H](Cc1cccs1)N(C)C(=O)[C@@H](Cc1ccc(-c2ccccc2)cc1)N(C)C(=O)COC[C@@H]1CCCN1. The summed E-state index contributed by atoms with van der Waals surface area (Å²) in [5, 5.41) is 17.8. The van der Waals surface area contributed by atoms with Gasteiger partial charge in [0.2, 0.25) is 17.7 Å². The maximum Gasteiger partial charge on any atom is 0.249 e. The van der Waals surface area contributed by atoms with Crippen LogP contribution in [0.2, 0.25) is 0 Å². The van der Waals surface area contributed by atoms with E-state index in [-0.39, 0.29) is 43.3 Å². The van der Waals surface area contributed by atoms with Crippen molar-refractivity contribution in [3.05, 3.63) is 82.6 Å². The van der Waals surface area contributed by atoms with Crippen LogP contribution in [-0.4, -0.2) is 97.3 Å². The molecule has 4 atom stereocenters. The standard InChI is InChI=1S/C34H44N4O5S/c1-24(39)21-36-33(41)30(20-29-12-8-18-44-29)38(3)34(42)31(37(2)32(40)23-43-22-28-11-7-17-35-28)19-25-13-15-27(16-14-25)26-9-5-4-6-10-26/h4-6,8-10,12-16,18,24,28,30-31,35,39H,7,11,17,19-23H2,1-3H3,(H,36,41)/t24-,28+,30-,31-/m1/s1. The number of aliphatic hydroxyl groups excluding tert-OH is 1. The van der Waals surface area contributed by atoms with Crippen molar-refractivity contribution in [3.63, 3.8) is 0 Å². The molecule has 0 radical (unpaired) electrons. The summed E-state index contributed by atoms with van der Waals surface area (Å²) in [5.74, 6) is -1.01. The number of thiophene rings is 1. The van der Waals surface area contributed by atoms with Crippen molar-refractivity contribution < 1.29 is 24.2 Å². The Hall–Kier alpha value is -3.57. The summed E-state index contributed by atoms with van der Waals surface area (Å²) in [4.78, 5) is 44.8. The van der Waals surface area contributed by atoms with Gasteiger partial charge in [-0.1, -0.05) is 60.7 Å². The van der Waals surface area contributed by atoms with E-state index in [2.05, 4.69) is 10.6 Å². The first-order chi connectivity index (χ1) is 21.2. The van der Waals surface area contributed by atoms with Gasteiger partial charge in [-0.15, -0.1) is 11.3 Å². The second-order valence-electron chi connectivity index (χ2n) is 11.4. The van der Waals surface area contributed by atoms with Gasteiger partial charge in [0.15, 0.2) is 0 Å². The van der Waals surface area contributed by atoms with E-state index in [1.807, 2.05) is 72.1 Å². The summed E-state index contributed by atoms with van der Waals surface area (Å²) in [5.41, 5.74) is 3.03. The van der Waals surface area contributed by atoms with E-state index in [4.69, 9.17) is 4.74 Å². The molecule has 3 amide bonds. The third-order valence-electron chi connectivity index (χ3n) is 8.01. The lowest BCUT2D eigenvalue weighted by atomic mass is 9.98. The van der Waals surface area contributed by atoms with Crippen LogP contribution in [0.5, 0.6) is 0 Å². The number of nitrogens with one attached hydrogen (secondary N) is 2. The monoisotopic (exact) mass is 620 g/mol. The molecule has 2 heterocycles. The molecule has 0 bridgehead atoms. The highest BCUT2D eigenvalue weighted by Crippen LogP contribution is 2.22. The number of ether oxygens (including phenoxy) is 1. The van der Waals surface area contributed by atoms with Crippen molar-refractivity contribution in [2.75, 3.05) is 40.4 Å². The minimum absolute atomic E-state index is 0.0740. The zero-order chi connectivity index (χ0) is 31.5. The van der Waals surface area contributed by atoms with Gasteiger partial charge in [-0.25, -0.2) is 0 Å². The molecule has 1 fully saturated rings. The molecule has 0 spiro atoms. The number of amides is 3. The van der Waals surface area contributed by atoms with Crippen LogP contribution in [0.1, 0.15) is 30.2 Å². The molecule has 3 aromatic rings. The Bertz CT molecular complexity index is 1330. The third kappa shape index (κ3) is 9.46. The fraction of sp³-hybridized carbons (Fsp3) is 0.441. The summed E-state index contributed by atoms with van der Waals surface area (Å²) in [6.45, 7) is 2.91. The van der Waals surface area contributed by atoms with Gasteiger partial charge in [0.05, 0.1) is 12.7 Å². The highest BCUT2D eigenvalue weighted by atomic mass is 32.1. The summed E-state index contributed by atoms with van der Waals surface area (Å²) in [7, 11) is 3.23. The molecule has 1 saturated heterocycles. The lowest BCUT2D eigenvalue weighted by molar-refractivity contribution is -0.149. The molecular weight excluding hydrogens is 576 g/mol. The Labute approximate surface area is 264 Å². The number of likely N-dealkylation sites (N-methyl/N-ethyl adjacent to an activating group) is 2. The quantitative estimate of drug-likeness (QED) is 0.241. The summed E-state index contributed by atoms with van der Waals surface area (Å²) in [6.07, 6.45) is 1.96. The average Bonchev–Trinajstić information content (AvgIpc) is 3.76. The van der Waals surface area contributed by atoms with Gasteiger partial charge in [0.25, 0.3) is 0 Å². The van der Waals surface area contributed by atoms with E-state index in [0.717, 1.165) is 41.0 Å². The Morgan fingerprint density at radius 1 is 0.977 bits per heavy atom. The molecule has 1 aliphatic heterocycles. The number of rotatable bonds is 15. The van der Waals surface area contributed by atoms with Crippen LogP contribution in [0.4, 0.5) is 0 Å². The van der Waals surface area contributed by atoms with E-state index < -0.39 is 18.2 Å². The van der Waals surface area contributed by atoms with Crippen LogP contribution < -0.4 is 10.6 Å². The topological polar surface area (TPSA) is 111 Å². The van der Waals surface area contributed by atoms with Crippen molar-refractivity contribution in [2.45, 2.75) is 56.8 Å². The smallest absolute Gasteiger partial charge is 0.249 e. The largest absolute Gasteiger partial charge is 0.392 e. The van der Waals surface area contributed by atoms with E-state index in [1.165, 1.54) is 21.1 Å². The van der Waals surface area contributed by atoms with E-state index >= 15 is 0 Å². The predicted molar refractivity (Wildman–Crippen MR) is 173 cm³/mol. The molecule has 236 valence electrons. The molecular formula is C34H44N4O5S. The number of aliphatic hydroxyl groups is 1. The molecule has 10 heteroatoms. The Balaban J connectivity index is 1.54. The molecule has 3 N–H and O–H groups in total. The number of hydrogen-bond donors (Lipinski definition) is 3. The van der Waals surface area contributed by atoms with Crippen LogP contribution in [0, 0.1) is 0 Å². The van der Waals surface area contributed by atoms with Crippen LogP contribution in [0.25, 0.3) is 11.1 Å². The fourth-order valence-electron chi connectivity index (χ4n) is 5.32.